The summed E-state index contributed by atoms with van der Waals surface area (Å²) >= 11 is 0. The molecule has 0 unspecified atom stereocenters. The lowest BCUT2D eigenvalue weighted by Gasteiger charge is -2.36. The predicted octanol–water partition coefficient (Wildman–Crippen LogP) is 3.21. The smallest absolute Gasteiger partial charge is 0.260 e. The summed E-state index contributed by atoms with van der Waals surface area (Å²) in [6.07, 6.45) is 3.52. The van der Waals surface area contributed by atoms with Gasteiger partial charge < -0.3 is 14.5 Å². The van der Waals surface area contributed by atoms with Crippen LogP contribution in [0.3, 0.4) is 0 Å². The van der Waals surface area contributed by atoms with Crippen LogP contribution in [-0.4, -0.2) is 43.6 Å². The van der Waals surface area contributed by atoms with E-state index in [0.717, 1.165) is 38.3 Å². The van der Waals surface area contributed by atoms with Crippen LogP contribution >= 0.6 is 0 Å². The fraction of sp³-hybridized carbons (Fsp3) is 0.409. The van der Waals surface area contributed by atoms with Crippen LogP contribution in [0.25, 0.3) is 0 Å². The largest absolute Gasteiger partial charge is 0.484 e. The van der Waals surface area contributed by atoms with E-state index < -0.39 is 0 Å². The molecule has 0 spiro atoms. The highest BCUT2D eigenvalue weighted by Crippen LogP contribution is 2.26. The van der Waals surface area contributed by atoms with E-state index in [1.54, 1.807) is 0 Å². The van der Waals surface area contributed by atoms with Gasteiger partial charge in [-0.3, -0.25) is 4.79 Å². The summed E-state index contributed by atoms with van der Waals surface area (Å²) in [5, 5.41) is 0. The number of hydrogen-bond acceptors (Lipinski definition) is 3. The quantitative estimate of drug-likeness (QED) is 0.849. The number of carbonyl (C=O) groups excluding carboxylic acids is 1. The Labute approximate surface area is 155 Å². The molecule has 1 amide bonds. The molecule has 0 radical (unpaired) electrons. The monoisotopic (exact) mass is 350 g/mol. The molecule has 4 heteroatoms. The van der Waals surface area contributed by atoms with Gasteiger partial charge in [-0.1, -0.05) is 18.2 Å². The van der Waals surface area contributed by atoms with Crippen molar-refractivity contribution in [2.75, 3.05) is 37.7 Å². The number of nitrogens with zero attached hydrogens (tertiary/aromatic N) is 2. The van der Waals surface area contributed by atoms with E-state index in [4.69, 9.17) is 4.74 Å². The maximum Gasteiger partial charge on any atom is 0.260 e. The minimum atomic E-state index is 0.0781. The number of amides is 1. The first-order valence-electron chi connectivity index (χ1n) is 9.53. The third-order valence-electron chi connectivity index (χ3n) is 5.43. The molecule has 0 aromatic heterocycles. The molecule has 26 heavy (non-hydrogen) atoms. The Bertz CT molecular complexity index is 794. The van der Waals surface area contributed by atoms with Crippen molar-refractivity contribution in [3.63, 3.8) is 0 Å². The van der Waals surface area contributed by atoms with Crippen LogP contribution in [-0.2, 0) is 17.6 Å². The molecular weight excluding hydrogens is 324 g/mol. The first kappa shape index (κ1) is 17.0. The summed E-state index contributed by atoms with van der Waals surface area (Å²) in [5.74, 6) is 0.895. The molecule has 2 aromatic rings. The number of aryl methyl sites for hydroxylation is 3. The van der Waals surface area contributed by atoms with E-state index in [9.17, 15) is 4.79 Å². The zero-order chi connectivity index (χ0) is 17.9. The number of benzene rings is 2. The lowest BCUT2D eigenvalue weighted by Crippen LogP contribution is -2.50. The van der Waals surface area contributed by atoms with E-state index >= 15 is 0 Å². The van der Waals surface area contributed by atoms with Crippen molar-refractivity contribution in [2.45, 2.75) is 26.2 Å². The molecule has 1 aliphatic heterocycles. The second kappa shape index (κ2) is 7.40. The molecule has 136 valence electrons. The van der Waals surface area contributed by atoms with Gasteiger partial charge in [-0.05, 0) is 67.1 Å². The number of rotatable bonds is 4. The van der Waals surface area contributed by atoms with Crippen LogP contribution in [0.2, 0.25) is 0 Å². The Kier molecular flexibility index (Phi) is 4.83. The molecule has 4 nitrogen and oxygen atoms in total. The van der Waals surface area contributed by atoms with Crippen molar-refractivity contribution in [3.05, 3.63) is 59.2 Å². The van der Waals surface area contributed by atoms with Gasteiger partial charge in [0.15, 0.2) is 6.61 Å². The summed E-state index contributed by atoms with van der Waals surface area (Å²) < 4.78 is 5.77. The fourth-order valence-electron chi connectivity index (χ4n) is 3.91. The van der Waals surface area contributed by atoms with Gasteiger partial charge >= 0.3 is 0 Å². The van der Waals surface area contributed by atoms with Crippen LogP contribution in [0, 0.1) is 6.92 Å². The average Bonchev–Trinajstić information content (AvgIpc) is 3.14. The van der Waals surface area contributed by atoms with Crippen molar-refractivity contribution in [3.8, 4) is 5.75 Å². The molecule has 2 aliphatic rings. The van der Waals surface area contributed by atoms with Gasteiger partial charge in [0.25, 0.3) is 5.91 Å². The second-order valence-corrected chi connectivity index (χ2v) is 7.28. The van der Waals surface area contributed by atoms with Gasteiger partial charge in [0.1, 0.15) is 5.75 Å². The maximum atomic E-state index is 12.5. The standard InChI is InChI=1S/C22H26N2O2/c1-17-4-2-7-20(14-17)23-10-12-24(13-11-23)22(25)16-26-21-9-8-18-5-3-6-19(18)15-21/h2,4,7-9,14-15H,3,5-6,10-13,16H2,1H3. The summed E-state index contributed by atoms with van der Waals surface area (Å²) in [7, 11) is 0. The van der Waals surface area contributed by atoms with Crippen LogP contribution in [0.1, 0.15) is 23.1 Å². The number of ether oxygens (including phenoxy) is 1. The highest BCUT2D eigenvalue weighted by atomic mass is 16.5. The van der Waals surface area contributed by atoms with Crippen LogP contribution in [0.15, 0.2) is 42.5 Å². The average molecular weight is 350 g/mol. The van der Waals surface area contributed by atoms with Gasteiger partial charge in [0.05, 0.1) is 0 Å². The van der Waals surface area contributed by atoms with E-state index in [0.29, 0.717) is 0 Å². The molecule has 0 bridgehead atoms. The molecule has 0 saturated carbocycles. The van der Waals surface area contributed by atoms with Gasteiger partial charge in [0, 0.05) is 31.9 Å². The fourth-order valence-corrected chi connectivity index (χ4v) is 3.91. The molecule has 2 aromatic carbocycles. The van der Waals surface area contributed by atoms with Gasteiger partial charge in [-0.2, -0.15) is 0 Å². The van der Waals surface area contributed by atoms with Crippen LogP contribution in [0.4, 0.5) is 5.69 Å². The molecule has 0 N–H and O–H groups in total. The molecule has 4 rings (SSSR count). The van der Waals surface area contributed by atoms with Crippen molar-refractivity contribution in [1.82, 2.24) is 4.90 Å². The molecule has 1 aliphatic carbocycles. The Hall–Kier alpha value is -2.49. The summed E-state index contributed by atoms with van der Waals surface area (Å²) in [6, 6.07) is 14.8. The van der Waals surface area contributed by atoms with Gasteiger partial charge in [-0.25, -0.2) is 0 Å². The molecule has 1 saturated heterocycles. The summed E-state index contributed by atoms with van der Waals surface area (Å²) in [6.45, 7) is 5.48. The van der Waals surface area contributed by atoms with E-state index in [1.807, 2.05) is 11.0 Å². The number of hydrogen-bond donors (Lipinski definition) is 0. The minimum Gasteiger partial charge on any atom is -0.484 e. The Balaban J connectivity index is 1.28. The molecule has 0 atom stereocenters. The normalized spacial score (nSPS) is 16.5. The summed E-state index contributed by atoms with van der Waals surface area (Å²) in [4.78, 5) is 16.7. The Morgan fingerprint density at radius 2 is 1.81 bits per heavy atom. The van der Waals surface area contributed by atoms with E-state index in [-0.39, 0.29) is 12.5 Å². The van der Waals surface area contributed by atoms with Crippen molar-refractivity contribution < 1.29 is 9.53 Å². The lowest BCUT2D eigenvalue weighted by atomic mass is 10.1. The number of anilines is 1. The third kappa shape index (κ3) is 3.69. The molecule has 1 fully saturated rings. The van der Waals surface area contributed by atoms with E-state index in [2.05, 4.69) is 48.2 Å². The zero-order valence-corrected chi connectivity index (χ0v) is 15.4. The number of carbonyl (C=O) groups is 1. The first-order chi connectivity index (χ1) is 12.7. The Morgan fingerprint density at radius 3 is 2.62 bits per heavy atom. The highest BCUT2D eigenvalue weighted by molar-refractivity contribution is 5.78. The summed E-state index contributed by atoms with van der Waals surface area (Å²) in [5.41, 5.74) is 5.31. The first-order valence-corrected chi connectivity index (χ1v) is 9.53. The second-order valence-electron chi connectivity index (χ2n) is 7.28. The third-order valence-corrected chi connectivity index (χ3v) is 5.43. The molecular formula is C22H26N2O2. The van der Waals surface area contributed by atoms with Crippen molar-refractivity contribution in [1.29, 1.82) is 0 Å². The lowest BCUT2D eigenvalue weighted by molar-refractivity contribution is -0.133. The van der Waals surface area contributed by atoms with Gasteiger partial charge in [-0.15, -0.1) is 0 Å². The predicted molar refractivity (Wildman–Crippen MR) is 104 cm³/mol. The van der Waals surface area contributed by atoms with E-state index in [1.165, 1.54) is 35.2 Å². The minimum absolute atomic E-state index is 0.0781. The Morgan fingerprint density at radius 1 is 1.00 bits per heavy atom. The topological polar surface area (TPSA) is 32.8 Å². The maximum absolute atomic E-state index is 12.5. The number of fused-ring (bicyclic) bond motifs is 1. The van der Waals surface area contributed by atoms with Crippen LogP contribution in [0.5, 0.6) is 5.75 Å². The van der Waals surface area contributed by atoms with Crippen molar-refractivity contribution in [2.24, 2.45) is 0 Å². The van der Waals surface area contributed by atoms with Crippen LogP contribution < -0.4 is 9.64 Å². The molecule has 1 heterocycles. The number of piperazine rings is 1. The zero-order valence-electron chi connectivity index (χ0n) is 15.4. The van der Waals surface area contributed by atoms with Crippen molar-refractivity contribution >= 4 is 11.6 Å². The highest BCUT2D eigenvalue weighted by Gasteiger charge is 2.22. The SMILES string of the molecule is Cc1cccc(N2CCN(C(=O)COc3ccc4c(c3)CCC4)CC2)c1. The van der Waals surface area contributed by atoms with Gasteiger partial charge in [0.2, 0.25) is 0 Å².